The molecule has 0 radical (unpaired) electrons. The van der Waals surface area contributed by atoms with Gasteiger partial charge in [0.05, 0.1) is 0 Å². The van der Waals surface area contributed by atoms with Crippen LogP contribution in [0.4, 0.5) is 0 Å². The van der Waals surface area contributed by atoms with Crippen LogP contribution in [0.5, 0.6) is 0 Å². The van der Waals surface area contributed by atoms with Crippen LogP contribution in [-0.4, -0.2) is 30.2 Å². The van der Waals surface area contributed by atoms with E-state index >= 15 is 0 Å². The summed E-state index contributed by atoms with van der Waals surface area (Å²) in [4.78, 5) is 35.6. The molecular formula is C18H26N2O3. The minimum absolute atomic E-state index is 0.0636. The van der Waals surface area contributed by atoms with Crippen molar-refractivity contribution >= 4 is 17.6 Å². The van der Waals surface area contributed by atoms with Crippen molar-refractivity contribution in [2.24, 2.45) is 0 Å². The van der Waals surface area contributed by atoms with Gasteiger partial charge in [0.15, 0.2) is 5.78 Å². The number of benzene rings is 1. The minimum Gasteiger partial charge on any atom is -0.354 e. The van der Waals surface area contributed by atoms with Crippen molar-refractivity contribution in [1.29, 1.82) is 0 Å². The van der Waals surface area contributed by atoms with Crippen LogP contribution in [0.1, 0.15) is 54.6 Å². The molecule has 0 heterocycles. The maximum atomic E-state index is 12.1. The summed E-state index contributed by atoms with van der Waals surface area (Å²) < 4.78 is 0. The smallest absolute Gasteiger partial charge is 0.242 e. The average molecular weight is 318 g/mol. The van der Waals surface area contributed by atoms with E-state index < -0.39 is 6.04 Å². The summed E-state index contributed by atoms with van der Waals surface area (Å²) in [5, 5.41) is 5.33. The molecule has 0 spiro atoms. The van der Waals surface area contributed by atoms with Crippen molar-refractivity contribution in [1.82, 2.24) is 10.6 Å². The quantitative estimate of drug-likeness (QED) is 0.722. The first-order valence-electron chi connectivity index (χ1n) is 8.02. The van der Waals surface area contributed by atoms with E-state index in [-0.39, 0.29) is 30.4 Å². The Morgan fingerprint density at radius 3 is 2.39 bits per heavy atom. The summed E-state index contributed by atoms with van der Waals surface area (Å²) >= 11 is 0. The van der Waals surface area contributed by atoms with Gasteiger partial charge in [-0.15, -0.1) is 0 Å². The van der Waals surface area contributed by atoms with Gasteiger partial charge in [-0.3, -0.25) is 14.4 Å². The molecule has 0 aliphatic carbocycles. The molecule has 1 aromatic rings. The molecule has 0 aliphatic rings. The van der Waals surface area contributed by atoms with Gasteiger partial charge in [-0.1, -0.05) is 19.1 Å². The van der Waals surface area contributed by atoms with Gasteiger partial charge in [0.25, 0.3) is 0 Å². The lowest BCUT2D eigenvalue weighted by atomic mass is 10.0. The number of carbonyl (C=O) groups excluding carboxylic acids is 3. The molecule has 1 atom stereocenters. The average Bonchev–Trinajstić information content (AvgIpc) is 2.52. The van der Waals surface area contributed by atoms with Crippen molar-refractivity contribution in [3.05, 3.63) is 34.9 Å². The Kier molecular flexibility index (Phi) is 7.45. The summed E-state index contributed by atoms with van der Waals surface area (Å²) in [5.74, 6) is -0.562. The summed E-state index contributed by atoms with van der Waals surface area (Å²) in [7, 11) is 0. The van der Waals surface area contributed by atoms with Crippen LogP contribution in [0.2, 0.25) is 0 Å². The van der Waals surface area contributed by atoms with Crippen molar-refractivity contribution in [2.75, 3.05) is 6.54 Å². The van der Waals surface area contributed by atoms with E-state index in [1.807, 2.05) is 32.9 Å². The minimum atomic E-state index is -0.592. The third kappa shape index (κ3) is 6.22. The van der Waals surface area contributed by atoms with Crippen molar-refractivity contribution < 1.29 is 14.4 Å². The molecule has 0 aromatic heterocycles. The lowest BCUT2D eigenvalue weighted by molar-refractivity contribution is -0.128. The van der Waals surface area contributed by atoms with Crippen LogP contribution in [-0.2, 0) is 9.59 Å². The molecule has 0 saturated carbocycles. The summed E-state index contributed by atoms with van der Waals surface area (Å²) in [6.45, 7) is 8.12. The monoisotopic (exact) mass is 318 g/mol. The van der Waals surface area contributed by atoms with E-state index in [1.54, 1.807) is 13.0 Å². The maximum absolute atomic E-state index is 12.1. The normalized spacial score (nSPS) is 11.7. The molecule has 2 N–H and O–H groups in total. The molecule has 1 aromatic carbocycles. The number of nitrogens with one attached hydrogen (secondary N) is 2. The van der Waals surface area contributed by atoms with Crippen LogP contribution in [0.3, 0.4) is 0 Å². The third-order valence-corrected chi connectivity index (χ3v) is 3.73. The summed E-state index contributed by atoms with van der Waals surface area (Å²) in [5.41, 5.74) is 2.81. The van der Waals surface area contributed by atoms with E-state index in [1.165, 1.54) is 0 Å². The Morgan fingerprint density at radius 1 is 1.09 bits per heavy atom. The first-order chi connectivity index (χ1) is 10.8. The van der Waals surface area contributed by atoms with Crippen LogP contribution >= 0.6 is 0 Å². The highest BCUT2D eigenvalue weighted by atomic mass is 16.2. The zero-order chi connectivity index (χ0) is 17.4. The molecular weight excluding hydrogens is 292 g/mol. The Labute approximate surface area is 137 Å². The molecule has 126 valence electrons. The van der Waals surface area contributed by atoms with E-state index in [0.29, 0.717) is 12.1 Å². The van der Waals surface area contributed by atoms with E-state index in [4.69, 9.17) is 0 Å². The zero-order valence-corrected chi connectivity index (χ0v) is 14.4. The SMILES string of the molecule is CCCNC(=O)[C@H](C)NC(=O)CCC(=O)c1ccc(C)c(C)c1. The fourth-order valence-corrected chi connectivity index (χ4v) is 2.07. The number of rotatable bonds is 8. The Hall–Kier alpha value is -2.17. The van der Waals surface area contributed by atoms with Crippen molar-refractivity contribution in [2.45, 2.75) is 53.0 Å². The Bertz CT molecular complexity index is 582. The maximum Gasteiger partial charge on any atom is 0.242 e. The zero-order valence-electron chi connectivity index (χ0n) is 14.4. The number of carbonyl (C=O) groups is 3. The van der Waals surface area contributed by atoms with Gasteiger partial charge in [-0.2, -0.15) is 0 Å². The Balaban J connectivity index is 2.44. The molecule has 0 aliphatic heterocycles. The lowest BCUT2D eigenvalue weighted by Crippen LogP contribution is -2.45. The van der Waals surface area contributed by atoms with Gasteiger partial charge in [0.1, 0.15) is 6.04 Å². The number of Topliss-reactive ketones (excluding diaryl/α,β-unsaturated/α-hetero) is 1. The van der Waals surface area contributed by atoms with Gasteiger partial charge in [-0.25, -0.2) is 0 Å². The number of hydrogen-bond acceptors (Lipinski definition) is 3. The molecule has 0 saturated heterocycles. The second-order valence-electron chi connectivity index (χ2n) is 5.80. The highest BCUT2D eigenvalue weighted by molar-refractivity contribution is 5.98. The molecule has 0 bridgehead atoms. The van der Waals surface area contributed by atoms with Crippen molar-refractivity contribution in [3.8, 4) is 0 Å². The topological polar surface area (TPSA) is 75.3 Å². The van der Waals surface area contributed by atoms with Gasteiger partial charge in [0, 0.05) is 24.9 Å². The van der Waals surface area contributed by atoms with E-state index in [9.17, 15) is 14.4 Å². The standard InChI is InChI=1S/C18H26N2O3/c1-5-10-19-18(23)14(4)20-17(22)9-8-16(21)15-7-6-12(2)13(3)11-15/h6-7,11,14H,5,8-10H2,1-4H3,(H,19,23)(H,20,22)/t14-/m0/s1. The number of hydrogen-bond donors (Lipinski definition) is 2. The second-order valence-corrected chi connectivity index (χ2v) is 5.80. The second kappa shape index (κ2) is 9.08. The first-order valence-corrected chi connectivity index (χ1v) is 8.02. The number of aryl methyl sites for hydroxylation is 2. The van der Waals surface area contributed by atoms with Crippen LogP contribution in [0.25, 0.3) is 0 Å². The molecule has 2 amide bonds. The van der Waals surface area contributed by atoms with Crippen LogP contribution < -0.4 is 10.6 Å². The number of amides is 2. The highest BCUT2D eigenvalue weighted by Crippen LogP contribution is 2.12. The fourth-order valence-electron chi connectivity index (χ4n) is 2.07. The van der Waals surface area contributed by atoms with Gasteiger partial charge in [0.2, 0.25) is 11.8 Å². The highest BCUT2D eigenvalue weighted by Gasteiger charge is 2.16. The third-order valence-electron chi connectivity index (χ3n) is 3.73. The summed E-state index contributed by atoms with van der Waals surface area (Å²) in [6.07, 6.45) is 1.06. The van der Waals surface area contributed by atoms with Gasteiger partial charge >= 0.3 is 0 Å². The van der Waals surface area contributed by atoms with E-state index in [2.05, 4.69) is 10.6 Å². The lowest BCUT2D eigenvalue weighted by Gasteiger charge is -2.13. The van der Waals surface area contributed by atoms with Crippen molar-refractivity contribution in [3.63, 3.8) is 0 Å². The predicted octanol–water partition coefficient (Wildman–Crippen LogP) is 2.30. The molecule has 23 heavy (non-hydrogen) atoms. The number of ketones is 1. The predicted molar refractivity (Wildman–Crippen MR) is 90.4 cm³/mol. The molecule has 1 rings (SSSR count). The summed E-state index contributed by atoms with van der Waals surface area (Å²) in [6, 6.07) is 4.94. The fraction of sp³-hybridized carbons (Fsp3) is 0.500. The van der Waals surface area contributed by atoms with Gasteiger partial charge in [-0.05, 0) is 44.4 Å². The molecule has 5 heteroatoms. The largest absolute Gasteiger partial charge is 0.354 e. The van der Waals surface area contributed by atoms with Crippen LogP contribution in [0.15, 0.2) is 18.2 Å². The van der Waals surface area contributed by atoms with Gasteiger partial charge < -0.3 is 10.6 Å². The molecule has 0 fully saturated rings. The molecule has 5 nitrogen and oxygen atoms in total. The van der Waals surface area contributed by atoms with Crippen LogP contribution in [0, 0.1) is 13.8 Å². The Morgan fingerprint density at radius 2 is 1.78 bits per heavy atom. The molecule has 0 unspecified atom stereocenters. The van der Waals surface area contributed by atoms with E-state index in [0.717, 1.165) is 17.5 Å². The first kappa shape index (κ1) is 18.9.